The molecule has 3 amide bonds. The largest absolute Gasteiger partial charge is 0.373 e. The molecule has 0 radical (unpaired) electrons. The molecule has 1 aliphatic carbocycles. The third-order valence-electron chi connectivity index (χ3n) is 14.0. The van der Waals surface area contributed by atoms with Crippen molar-refractivity contribution in [2.24, 2.45) is 5.41 Å². The number of hydrogen-bond donors (Lipinski definition) is 3. The summed E-state index contributed by atoms with van der Waals surface area (Å²) >= 11 is 0. The monoisotopic (exact) mass is 901 g/mol. The van der Waals surface area contributed by atoms with Gasteiger partial charge in [-0.15, -0.1) is 0 Å². The first-order valence-corrected chi connectivity index (χ1v) is 23.2. The minimum Gasteiger partial charge on any atom is -0.373 e. The van der Waals surface area contributed by atoms with E-state index in [9.17, 15) is 19.6 Å². The maximum Gasteiger partial charge on any atom is 0.249 e. The molecule has 1 aromatic carbocycles. The van der Waals surface area contributed by atoms with Crippen LogP contribution in [0.5, 0.6) is 0 Å². The number of hydrogen-bond acceptors (Lipinski definition) is 12. The van der Waals surface area contributed by atoms with Crippen molar-refractivity contribution in [2.75, 3.05) is 54.4 Å². The quantitative estimate of drug-likeness (QED) is 0.135. The van der Waals surface area contributed by atoms with Gasteiger partial charge in [0.05, 0.1) is 41.4 Å². The van der Waals surface area contributed by atoms with Gasteiger partial charge in [0.15, 0.2) is 11.6 Å². The lowest BCUT2D eigenvalue weighted by atomic mass is 9.75. The highest BCUT2D eigenvalue weighted by atomic mass is 19.1. The van der Waals surface area contributed by atoms with Crippen molar-refractivity contribution >= 4 is 40.4 Å². The van der Waals surface area contributed by atoms with Gasteiger partial charge in [-0.1, -0.05) is 6.92 Å². The number of fused-ring (bicyclic) bond motifs is 1. The van der Waals surface area contributed by atoms with Gasteiger partial charge in [-0.3, -0.25) is 29.3 Å². The number of benzene rings is 1. The van der Waals surface area contributed by atoms with E-state index >= 15 is 8.78 Å². The molecule has 0 spiro atoms. The van der Waals surface area contributed by atoms with Gasteiger partial charge in [0, 0.05) is 86.5 Å². The van der Waals surface area contributed by atoms with Gasteiger partial charge < -0.3 is 20.4 Å². The second kappa shape index (κ2) is 18.1. The summed E-state index contributed by atoms with van der Waals surface area (Å²) in [6, 6.07) is 8.48. The summed E-state index contributed by atoms with van der Waals surface area (Å²) in [5.74, 6) is -1.29. The highest BCUT2D eigenvalue weighted by Gasteiger charge is 2.41. The van der Waals surface area contributed by atoms with Crippen molar-refractivity contribution in [3.8, 4) is 28.6 Å². The van der Waals surface area contributed by atoms with Crippen molar-refractivity contribution in [2.45, 2.75) is 109 Å². The molecule has 7 heterocycles. The van der Waals surface area contributed by atoms with Crippen molar-refractivity contribution in [1.29, 1.82) is 5.26 Å². The third-order valence-corrected chi connectivity index (χ3v) is 14.0. The molecular weight excluding hydrogens is 845 g/mol. The molecule has 0 bridgehead atoms. The van der Waals surface area contributed by atoms with Crippen LogP contribution in [0.2, 0.25) is 0 Å². The zero-order chi connectivity index (χ0) is 46.3. The Morgan fingerprint density at radius 3 is 2.24 bits per heavy atom. The number of pyridine rings is 1. The first-order valence-electron chi connectivity index (χ1n) is 23.2. The Balaban J connectivity index is 0.821. The molecule has 4 aromatic heterocycles. The molecule has 9 rings (SSSR count). The number of nitriles is 1. The summed E-state index contributed by atoms with van der Waals surface area (Å²) in [5, 5.41) is 27.6. The minimum absolute atomic E-state index is 0.0632. The summed E-state index contributed by atoms with van der Waals surface area (Å²) in [6.07, 6.45) is 15.5. The Labute approximate surface area is 382 Å². The van der Waals surface area contributed by atoms with Crippen molar-refractivity contribution < 1.29 is 23.2 Å². The van der Waals surface area contributed by atoms with Crippen molar-refractivity contribution in [3.63, 3.8) is 0 Å². The number of aromatic nitrogens is 6. The van der Waals surface area contributed by atoms with E-state index < -0.39 is 29.0 Å². The molecule has 66 heavy (non-hydrogen) atoms. The van der Waals surface area contributed by atoms with E-state index in [-0.39, 0.29) is 47.6 Å². The Morgan fingerprint density at radius 2 is 1.61 bits per heavy atom. The Kier molecular flexibility index (Phi) is 12.2. The molecule has 3 aliphatic heterocycles. The standard InChI is InChI=1S/C48H57F2N13O3/c1-5-48(46(66)58-47(2,3)4)14-16-60(17-15-48)40-12-6-30(25-52-40)42-43-31(24-51)26-54-63(43)29-39(56-42)32-27-53-62(28-32)35-9-7-34(8-10-35)59-18-20-61(21-19-59)44-36(49)22-33(23-37(44)50)55-38-11-13-41(64)57-45(38)65/h6,12,22-23,25-29,34-35,38,55H,5,7-11,13-21H2,1-4H3,(H,58,66)(H,57,64,65)/t34-,35-,38-/m0/s1. The summed E-state index contributed by atoms with van der Waals surface area (Å²) in [7, 11) is 0. The van der Waals surface area contributed by atoms with E-state index in [1.54, 1.807) is 21.8 Å². The highest BCUT2D eigenvalue weighted by molar-refractivity contribution is 6.01. The topological polar surface area (TPSA) is 182 Å². The van der Waals surface area contributed by atoms with Gasteiger partial charge in [-0.2, -0.15) is 15.5 Å². The van der Waals surface area contributed by atoms with Gasteiger partial charge in [-0.05, 0) is 96.4 Å². The Bertz CT molecular complexity index is 2640. The second-order valence-corrected chi connectivity index (χ2v) is 19.3. The maximum atomic E-state index is 15.4. The summed E-state index contributed by atoms with van der Waals surface area (Å²) in [4.78, 5) is 53.3. The highest BCUT2D eigenvalue weighted by Crippen LogP contribution is 2.38. The zero-order valence-corrected chi connectivity index (χ0v) is 38.0. The number of carbonyl (C=O) groups excluding carboxylic acids is 3. The van der Waals surface area contributed by atoms with Crippen LogP contribution < -0.4 is 25.8 Å². The van der Waals surface area contributed by atoms with Gasteiger partial charge >= 0.3 is 0 Å². The number of imide groups is 1. The molecule has 1 saturated carbocycles. The van der Waals surface area contributed by atoms with E-state index in [1.807, 2.05) is 56.2 Å². The fourth-order valence-corrected chi connectivity index (χ4v) is 10.2. The lowest BCUT2D eigenvalue weighted by molar-refractivity contribution is -0.135. The van der Waals surface area contributed by atoms with E-state index in [0.29, 0.717) is 54.7 Å². The second-order valence-electron chi connectivity index (χ2n) is 19.3. The number of anilines is 3. The number of nitrogens with zero attached hydrogens (tertiary/aromatic N) is 10. The van der Waals surface area contributed by atoms with Gasteiger partial charge in [0.25, 0.3) is 0 Å². The van der Waals surface area contributed by atoms with E-state index in [4.69, 9.17) is 15.1 Å². The molecule has 4 aliphatic rings. The lowest BCUT2D eigenvalue weighted by Crippen LogP contribution is -2.53. The first-order chi connectivity index (χ1) is 31.7. The summed E-state index contributed by atoms with van der Waals surface area (Å²) in [6.45, 7) is 11.9. The number of nitrogens with one attached hydrogen (secondary N) is 3. The molecule has 346 valence electrons. The number of carbonyl (C=O) groups is 3. The van der Waals surface area contributed by atoms with Crippen LogP contribution in [0, 0.1) is 28.4 Å². The number of halogens is 2. The average Bonchev–Trinajstić information content (AvgIpc) is 3.98. The van der Waals surface area contributed by atoms with Crippen molar-refractivity contribution in [3.05, 3.63) is 72.4 Å². The number of piperidine rings is 2. The third kappa shape index (κ3) is 9.05. The summed E-state index contributed by atoms with van der Waals surface area (Å²) in [5.41, 5.74) is 3.28. The van der Waals surface area contributed by atoms with Gasteiger partial charge in [-0.25, -0.2) is 23.3 Å². The van der Waals surface area contributed by atoms with Gasteiger partial charge in [0.2, 0.25) is 17.7 Å². The maximum absolute atomic E-state index is 15.4. The van der Waals surface area contributed by atoms with Crippen LogP contribution in [0.15, 0.2) is 55.2 Å². The van der Waals surface area contributed by atoms with E-state index in [0.717, 1.165) is 75.0 Å². The molecular formula is C48H57F2N13O3. The fourth-order valence-electron chi connectivity index (χ4n) is 10.2. The predicted octanol–water partition coefficient (Wildman–Crippen LogP) is 6.24. The molecule has 18 heteroatoms. The molecule has 3 N–H and O–H groups in total. The molecule has 4 fully saturated rings. The van der Waals surface area contributed by atoms with Crippen LogP contribution in [-0.2, 0) is 14.4 Å². The van der Waals surface area contributed by atoms with Crippen LogP contribution >= 0.6 is 0 Å². The molecule has 1 atom stereocenters. The molecule has 3 saturated heterocycles. The normalized spacial score (nSPS) is 21.7. The van der Waals surface area contributed by atoms with Crippen LogP contribution in [-0.4, -0.2) is 109 Å². The fraction of sp³-hybridized carbons (Fsp3) is 0.500. The zero-order valence-electron chi connectivity index (χ0n) is 38.0. The molecule has 16 nitrogen and oxygen atoms in total. The smallest absolute Gasteiger partial charge is 0.249 e. The number of rotatable bonds is 10. The SMILES string of the molecule is CCC1(C(=O)NC(C)(C)C)CCN(c2ccc(-c3nc(-c4cnn([C@H]5CC[C@H](N6CCN(c7c(F)cc(N[C@H]8CCC(=O)NC8=O)cc7F)CC6)CC5)c4)cn4ncc(C#N)c34)cn2)CC1. The Morgan fingerprint density at radius 1 is 0.894 bits per heavy atom. The van der Waals surface area contributed by atoms with E-state index in [2.05, 4.69) is 43.8 Å². The first kappa shape index (κ1) is 44.7. The van der Waals surface area contributed by atoms with E-state index in [1.165, 1.54) is 12.1 Å². The molecule has 0 unspecified atom stereocenters. The summed E-state index contributed by atoms with van der Waals surface area (Å²) < 4.78 is 34.5. The Hall–Kier alpha value is -6.48. The number of piperazine rings is 1. The van der Waals surface area contributed by atoms with Crippen LogP contribution in [0.4, 0.5) is 26.0 Å². The molecule has 5 aromatic rings. The minimum atomic E-state index is -0.733. The van der Waals surface area contributed by atoms with Crippen LogP contribution in [0.25, 0.3) is 28.0 Å². The lowest BCUT2D eigenvalue weighted by Gasteiger charge is -2.42. The van der Waals surface area contributed by atoms with Gasteiger partial charge in [0.1, 0.15) is 34.7 Å². The van der Waals surface area contributed by atoms with Crippen LogP contribution in [0.1, 0.15) is 97.1 Å². The van der Waals surface area contributed by atoms with Crippen molar-refractivity contribution in [1.82, 2.24) is 44.9 Å². The predicted molar refractivity (Wildman–Crippen MR) is 245 cm³/mol. The average molecular weight is 902 g/mol. The number of amides is 3. The van der Waals surface area contributed by atoms with Crippen LogP contribution in [0.3, 0.4) is 0 Å².